The Morgan fingerprint density at radius 2 is 0.892 bits per heavy atom. The molecule has 0 aromatic carbocycles. The minimum Gasteiger partial charge on any atom is -0.466 e. The van der Waals surface area contributed by atoms with Gasteiger partial charge in [0.05, 0.1) is 19.6 Å². The van der Waals surface area contributed by atoms with Gasteiger partial charge in [0.25, 0.3) is 0 Å². The maximum absolute atomic E-state index is 13.0. The number of carbonyl (C=O) groups is 3. The molecule has 0 aliphatic heterocycles. The van der Waals surface area contributed by atoms with E-state index in [-0.39, 0.29) is 13.0 Å². The van der Waals surface area contributed by atoms with Gasteiger partial charge in [0.1, 0.15) is 48.5 Å². The minimum atomic E-state index is -5.37. The highest BCUT2D eigenvalue weighted by atomic mass is 31.2. The summed E-state index contributed by atoms with van der Waals surface area (Å²) in [6.07, 6.45) is 16.9. The average molecular weight is 975 g/mol. The number of phosphoric ester groups is 2. The Morgan fingerprint density at radius 3 is 1.34 bits per heavy atom. The highest BCUT2D eigenvalue weighted by Crippen LogP contribution is 2.49. The molecular formula is C46H88O17P2. The van der Waals surface area contributed by atoms with Crippen LogP contribution in [0.5, 0.6) is 0 Å². The lowest BCUT2D eigenvalue weighted by Crippen LogP contribution is -2.64. The Balaban J connectivity index is 2.52. The highest BCUT2D eigenvalue weighted by Gasteiger charge is 2.54. The topological polar surface area (TPSA) is 273 Å². The summed E-state index contributed by atoms with van der Waals surface area (Å²) in [6.45, 7) is 3.51. The van der Waals surface area contributed by atoms with Gasteiger partial charge in [0, 0.05) is 19.3 Å². The molecule has 0 amide bonds. The lowest BCUT2D eigenvalue weighted by molar-refractivity contribution is -0.216. The van der Waals surface area contributed by atoms with Gasteiger partial charge in [0.15, 0.2) is 0 Å². The molecule has 4 unspecified atom stereocenters. The molecule has 1 rings (SSSR count). The summed E-state index contributed by atoms with van der Waals surface area (Å²) in [5.74, 6) is -1.02. The number of Topliss-reactive ketones (excluding diaryl/α,β-unsaturated/α-hetero) is 1. The first kappa shape index (κ1) is 61.7. The van der Waals surface area contributed by atoms with Gasteiger partial charge in [-0.25, -0.2) is 9.13 Å². The standard InChI is InChI=1S/C46H88O17P2/c1-3-5-6-7-8-9-10-13-17-20-23-26-29-33-39(48)61-38(36-60-65(57,58)63-46-43(52)41(50)42(51)45(44(46)53)62-64(54,55)56)35-40(49)59-34-30-27-24-21-18-15-12-11-14-16-19-22-25-28-32-37(47)31-4-2/h38,41-46,50-53H,3-36H2,1-2H3,(H,57,58)(H2,54,55,56)/t38-,41-,42?,43?,44+,45+,46?/m1/s1. The van der Waals surface area contributed by atoms with Gasteiger partial charge in [-0.1, -0.05) is 168 Å². The van der Waals surface area contributed by atoms with E-state index in [2.05, 4.69) is 11.4 Å². The summed E-state index contributed by atoms with van der Waals surface area (Å²) in [5, 5.41) is 41.2. The van der Waals surface area contributed by atoms with Crippen molar-refractivity contribution in [2.75, 3.05) is 13.2 Å². The summed E-state index contributed by atoms with van der Waals surface area (Å²) in [7, 11) is -10.7. The molecule has 8 atom stereocenters. The van der Waals surface area contributed by atoms with Gasteiger partial charge in [-0.05, 0) is 25.7 Å². The van der Waals surface area contributed by atoms with Crippen LogP contribution in [-0.2, 0) is 46.6 Å². The van der Waals surface area contributed by atoms with Crippen LogP contribution >= 0.6 is 15.6 Å². The zero-order chi connectivity index (χ0) is 48.4. The van der Waals surface area contributed by atoms with Crippen molar-refractivity contribution in [1.29, 1.82) is 0 Å². The molecular weight excluding hydrogens is 886 g/mol. The largest absolute Gasteiger partial charge is 0.472 e. The van der Waals surface area contributed by atoms with Crippen molar-refractivity contribution in [2.24, 2.45) is 0 Å². The molecule has 7 N–H and O–H groups in total. The lowest BCUT2D eigenvalue weighted by atomic mass is 9.85. The molecule has 1 aliphatic carbocycles. The van der Waals surface area contributed by atoms with Crippen LogP contribution in [0.1, 0.15) is 219 Å². The number of rotatable bonds is 43. The Labute approximate surface area is 389 Å². The smallest absolute Gasteiger partial charge is 0.466 e. The SMILES string of the molecule is CCCCCCCCCCCCCCCC(=O)O[C@@H](COP(=O)(O)OC1C(O)[C@H](O)C(O)[C@H](OP(=O)(O)O)[C@@H]1O)CC(=O)OCCCCCCCCCCCCCCCCC(=O)CCC. The van der Waals surface area contributed by atoms with E-state index < -0.39 is 83.3 Å². The molecule has 1 fully saturated rings. The number of esters is 2. The summed E-state index contributed by atoms with van der Waals surface area (Å²) >= 11 is 0. The first-order chi connectivity index (χ1) is 31.0. The molecule has 0 saturated heterocycles. The van der Waals surface area contributed by atoms with Gasteiger partial charge >= 0.3 is 27.6 Å². The molecule has 19 heteroatoms. The van der Waals surface area contributed by atoms with E-state index in [0.29, 0.717) is 25.0 Å². The quantitative estimate of drug-likeness (QED) is 0.0171. The second-order valence-corrected chi connectivity index (χ2v) is 20.5. The first-order valence-electron chi connectivity index (χ1n) is 25.0. The molecule has 0 aromatic heterocycles. The molecule has 384 valence electrons. The molecule has 0 bridgehead atoms. The molecule has 17 nitrogen and oxygen atoms in total. The predicted octanol–water partition coefficient (Wildman–Crippen LogP) is 8.97. The minimum absolute atomic E-state index is 0.0301. The van der Waals surface area contributed by atoms with Crippen molar-refractivity contribution in [3.8, 4) is 0 Å². The molecule has 0 spiro atoms. The van der Waals surface area contributed by atoms with Gasteiger partial charge in [0.2, 0.25) is 0 Å². The normalized spacial score (nSPS) is 21.5. The van der Waals surface area contributed by atoms with E-state index in [0.717, 1.165) is 77.0 Å². The van der Waals surface area contributed by atoms with Crippen LogP contribution in [0.2, 0.25) is 0 Å². The fourth-order valence-electron chi connectivity index (χ4n) is 8.00. The van der Waals surface area contributed by atoms with Crippen molar-refractivity contribution in [1.82, 2.24) is 0 Å². The van der Waals surface area contributed by atoms with Crippen molar-refractivity contribution >= 4 is 33.4 Å². The van der Waals surface area contributed by atoms with Crippen molar-refractivity contribution < 1.29 is 81.7 Å². The number of hydrogen-bond donors (Lipinski definition) is 7. The molecule has 65 heavy (non-hydrogen) atoms. The number of ether oxygens (including phenoxy) is 2. The number of phosphoric acid groups is 2. The van der Waals surface area contributed by atoms with Crippen LogP contribution in [-0.4, -0.2) is 109 Å². The summed E-state index contributed by atoms with van der Waals surface area (Å²) in [5.41, 5.74) is 0. The highest BCUT2D eigenvalue weighted by molar-refractivity contribution is 7.47. The summed E-state index contributed by atoms with van der Waals surface area (Å²) < 4.78 is 49.4. The van der Waals surface area contributed by atoms with Gasteiger partial charge in [-0.3, -0.25) is 28.0 Å². The van der Waals surface area contributed by atoms with Crippen molar-refractivity contribution in [3.63, 3.8) is 0 Å². The number of carbonyl (C=O) groups excluding carboxylic acids is 3. The third kappa shape index (κ3) is 32.2. The Morgan fingerprint density at radius 1 is 0.477 bits per heavy atom. The van der Waals surface area contributed by atoms with Crippen LogP contribution < -0.4 is 0 Å². The van der Waals surface area contributed by atoms with E-state index >= 15 is 0 Å². The van der Waals surface area contributed by atoms with E-state index in [1.807, 2.05) is 6.92 Å². The van der Waals surface area contributed by atoms with Crippen molar-refractivity contribution in [2.45, 2.75) is 262 Å². The van der Waals surface area contributed by atoms with Crippen molar-refractivity contribution in [3.05, 3.63) is 0 Å². The second kappa shape index (κ2) is 37.6. The second-order valence-electron chi connectivity index (χ2n) is 17.9. The summed E-state index contributed by atoms with van der Waals surface area (Å²) in [6, 6.07) is 0. The number of ketones is 1. The molecule has 1 saturated carbocycles. The van der Waals surface area contributed by atoms with Gasteiger partial charge in [-0.2, -0.15) is 0 Å². The van der Waals surface area contributed by atoms with E-state index in [4.69, 9.17) is 18.5 Å². The van der Waals surface area contributed by atoms with E-state index in [1.54, 1.807) is 0 Å². The van der Waals surface area contributed by atoms with Crippen LogP contribution in [0.3, 0.4) is 0 Å². The lowest BCUT2D eigenvalue weighted by Gasteiger charge is -2.43. The summed E-state index contributed by atoms with van der Waals surface area (Å²) in [4.78, 5) is 66.1. The average Bonchev–Trinajstić information content (AvgIpc) is 3.25. The predicted molar refractivity (Wildman–Crippen MR) is 247 cm³/mol. The zero-order valence-corrected chi connectivity index (χ0v) is 41.5. The van der Waals surface area contributed by atoms with Crippen LogP contribution in [0, 0.1) is 0 Å². The number of aliphatic hydroxyl groups excluding tert-OH is 4. The fraction of sp³-hybridized carbons (Fsp3) is 0.935. The van der Waals surface area contributed by atoms with Crippen LogP contribution in [0.25, 0.3) is 0 Å². The molecule has 1 aliphatic rings. The Hall–Kier alpha value is -1.33. The van der Waals surface area contributed by atoms with Gasteiger partial charge < -0.3 is 44.6 Å². The molecule has 0 radical (unpaired) electrons. The third-order valence-electron chi connectivity index (χ3n) is 11.8. The molecule has 0 heterocycles. The molecule has 0 aromatic rings. The maximum atomic E-state index is 13.0. The zero-order valence-electron chi connectivity index (χ0n) is 39.7. The van der Waals surface area contributed by atoms with Crippen LogP contribution in [0.15, 0.2) is 0 Å². The third-order valence-corrected chi connectivity index (χ3v) is 13.3. The Bertz CT molecular complexity index is 1330. The fourth-order valence-corrected chi connectivity index (χ4v) is 9.54. The van der Waals surface area contributed by atoms with Gasteiger partial charge in [-0.15, -0.1) is 0 Å². The van der Waals surface area contributed by atoms with E-state index in [1.165, 1.54) is 96.3 Å². The number of unbranched alkanes of at least 4 members (excludes halogenated alkanes) is 25. The maximum Gasteiger partial charge on any atom is 0.472 e. The number of aliphatic hydroxyl groups is 4. The van der Waals surface area contributed by atoms with Crippen LogP contribution in [0.4, 0.5) is 0 Å². The first-order valence-corrected chi connectivity index (χ1v) is 28.0. The monoisotopic (exact) mass is 975 g/mol. The number of hydrogen-bond acceptors (Lipinski definition) is 14. The Kier molecular flexibility index (Phi) is 35.6. The van der Waals surface area contributed by atoms with E-state index in [9.17, 15) is 58.6 Å².